The second kappa shape index (κ2) is 7.43. The van der Waals surface area contributed by atoms with E-state index in [1.54, 1.807) is 0 Å². The van der Waals surface area contributed by atoms with Crippen LogP contribution in [-0.2, 0) is 13.2 Å². The highest BCUT2D eigenvalue weighted by atomic mass is 35.5. The van der Waals surface area contributed by atoms with Crippen LogP contribution < -0.4 is 10.1 Å². The summed E-state index contributed by atoms with van der Waals surface area (Å²) < 4.78 is 23.7. The van der Waals surface area contributed by atoms with Gasteiger partial charge < -0.3 is 14.6 Å². The quantitative estimate of drug-likeness (QED) is 0.845. The van der Waals surface area contributed by atoms with Crippen LogP contribution in [0.4, 0.5) is 4.39 Å². The molecule has 2 rings (SSSR count). The van der Waals surface area contributed by atoms with Gasteiger partial charge in [-0.15, -0.1) is 0 Å². The molecule has 0 atom stereocenters. The molecule has 0 bridgehead atoms. The molecule has 0 aliphatic carbocycles. The maximum absolute atomic E-state index is 13.0. The average Bonchev–Trinajstić information content (AvgIpc) is 2.88. The van der Waals surface area contributed by atoms with Crippen molar-refractivity contribution in [2.45, 2.75) is 27.0 Å². The summed E-state index contributed by atoms with van der Waals surface area (Å²) in [5.41, 5.74) is 0.825. The van der Waals surface area contributed by atoms with Crippen LogP contribution in [0.2, 0.25) is 5.02 Å². The van der Waals surface area contributed by atoms with E-state index in [0.717, 1.165) is 12.2 Å². The molecule has 21 heavy (non-hydrogen) atoms. The minimum Gasteiger partial charge on any atom is -0.485 e. The molecule has 0 spiro atoms. The minimum atomic E-state index is -0.470. The van der Waals surface area contributed by atoms with Gasteiger partial charge in [0.2, 0.25) is 0 Å². The maximum Gasteiger partial charge on any atom is 0.174 e. The van der Waals surface area contributed by atoms with Crippen LogP contribution >= 0.6 is 11.6 Å². The van der Waals surface area contributed by atoms with E-state index in [9.17, 15) is 4.39 Å². The summed E-state index contributed by atoms with van der Waals surface area (Å²) in [5.74, 6) is 1.21. The molecule has 0 aliphatic rings. The molecule has 1 aromatic heterocycles. The molecular formula is C15H18ClFN2O2. The van der Waals surface area contributed by atoms with Crippen LogP contribution in [0.25, 0.3) is 0 Å². The first-order valence-corrected chi connectivity index (χ1v) is 7.15. The van der Waals surface area contributed by atoms with Gasteiger partial charge in [0.1, 0.15) is 18.2 Å². The zero-order valence-corrected chi connectivity index (χ0v) is 12.8. The Morgan fingerprint density at radius 3 is 2.90 bits per heavy atom. The van der Waals surface area contributed by atoms with Crippen molar-refractivity contribution in [3.05, 3.63) is 46.6 Å². The second-order valence-electron chi connectivity index (χ2n) is 5.17. The molecule has 4 nitrogen and oxygen atoms in total. The Kier molecular flexibility index (Phi) is 5.59. The molecule has 1 aromatic carbocycles. The fraction of sp³-hybridized carbons (Fsp3) is 0.400. The van der Waals surface area contributed by atoms with Crippen molar-refractivity contribution in [3.63, 3.8) is 0 Å². The van der Waals surface area contributed by atoms with Gasteiger partial charge in [-0.25, -0.2) is 4.39 Å². The van der Waals surface area contributed by atoms with E-state index >= 15 is 0 Å². The van der Waals surface area contributed by atoms with Crippen LogP contribution in [0.1, 0.15) is 25.3 Å². The van der Waals surface area contributed by atoms with Crippen LogP contribution in [-0.4, -0.2) is 11.7 Å². The van der Waals surface area contributed by atoms with Crippen LogP contribution in [0.3, 0.4) is 0 Å². The van der Waals surface area contributed by atoms with Gasteiger partial charge in [-0.2, -0.15) is 0 Å². The Hall–Kier alpha value is -1.59. The summed E-state index contributed by atoms with van der Waals surface area (Å²) in [4.78, 5) is 0. The fourth-order valence-electron chi connectivity index (χ4n) is 1.72. The lowest BCUT2D eigenvalue weighted by Gasteiger charge is -2.04. The number of aromatic nitrogens is 1. The van der Waals surface area contributed by atoms with E-state index < -0.39 is 5.82 Å². The van der Waals surface area contributed by atoms with Gasteiger partial charge in [-0.3, -0.25) is 0 Å². The highest BCUT2D eigenvalue weighted by molar-refractivity contribution is 6.30. The second-order valence-corrected chi connectivity index (χ2v) is 5.58. The summed E-state index contributed by atoms with van der Waals surface area (Å²) in [5, 5.41) is 7.26. The van der Waals surface area contributed by atoms with Crippen molar-refractivity contribution in [1.29, 1.82) is 0 Å². The normalized spacial score (nSPS) is 11.1. The zero-order chi connectivity index (χ0) is 15.2. The minimum absolute atomic E-state index is 0.0312. The molecule has 1 heterocycles. The number of benzene rings is 1. The van der Waals surface area contributed by atoms with Crippen LogP contribution in [0.5, 0.6) is 5.75 Å². The molecule has 0 amide bonds. The predicted octanol–water partition coefficient (Wildman–Crippen LogP) is 3.79. The van der Waals surface area contributed by atoms with Gasteiger partial charge in [0, 0.05) is 18.7 Å². The topological polar surface area (TPSA) is 47.3 Å². The lowest BCUT2D eigenvalue weighted by molar-refractivity contribution is 0.248. The smallest absolute Gasteiger partial charge is 0.174 e. The maximum atomic E-state index is 13.0. The van der Waals surface area contributed by atoms with E-state index in [-0.39, 0.29) is 11.6 Å². The number of ether oxygens (including phenoxy) is 1. The molecule has 0 saturated heterocycles. The van der Waals surface area contributed by atoms with Gasteiger partial charge >= 0.3 is 0 Å². The van der Waals surface area contributed by atoms with E-state index in [1.165, 1.54) is 18.2 Å². The SMILES string of the molecule is CC(C)CNCc1cc(COc2ccc(F)c(Cl)c2)on1. The first-order chi connectivity index (χ1) is 10.0. The number of nitrogens with one attached hydrogen (secondary N) is 1. The fourth-order valence-corrected chi connectivity index (χ4v) is 1.89. The highest BCUT2D eigenvalue weighted by Crippen LogP contribution is 2.22. The van der Waals surface area contributed by atoms with E-state index in [2.05, 4.69) is 24.3 Å². The summed E-state index contributed by atoms with van der Waals surface area (Å²) in [7, 11) is 0. The lowest BCUT2D eigenvalue weighted by Crippen LogP contribution is -2.19. The van der Waals surface area contributed by atoms with Crippen LogP contribution in [0.15, 0.2) is 28.8 Å². The first-order valence-electron chi connectivity index (χ1n) is 6.77. The number of halogens is 2. The molecule has 0 radical (unpaired) electrons. The lowest BCUT2D eigenvalue weighted by atomic mass is 10.2. The Bertz CT molecular complexity index is 587. The van der Waals surface area contributed by atoms with E-state index in [0.29, 0.717) is 24.0 Å². The van der Waals surface area contributed by atoms with Gasteiger partial charge in [0.05, 0.1) is 10.7 Å². The largest absolute Gasteiger partial charge is 0.485 e. The van der Waals surface area contributed by atoms with Crippen molar-refractivity contribution in [1.82, 2.24) is 10.5 Å². The molecule has 114 valence electrons. The highest BCUT2D eigenvalue weighted by Gasteiger charge is 2.07. The zero-order valence-electron chi connectivity index (χ0n) is 12.0. The van der Waals surface area contributed by atoms with Gasteiger partial charge in [-0.1, -0.05) is 30.6 Å². The summed E-state index contributed by atoms with van der Waals surface area (Å²) in [6.07, 6.45) is 0. The number of rotatable bonds is 7. The average molecular weight is 313 g/mol. The Balaban J connectivity index is 1.83. The van der Waals surface area contributed by atoms with E-state index in [4.69, 9.17) is 20.9 Å². The third-order valence-corrected chi connectivity index (χ3v) is 3.03. The van der Waals surface area contributed by atoms with E-state index in [1.807, 2.05) is 6.07 Å². The molecule has 2 aromatic rings. The van der Waals surface area contributed by atoms with Gasteiger partial charge in [-0.05, 0) is 24.6 Å². The Morgan fingerprint density at radius 2 is 2.19 bits per heavy atom. The van der Waals surface area contributed by atoms with Crippen molar-refractivity contribution < 1.29 is 13.7 Å². The summed E-state index contributed by atoms with van der Waals surface area (Å²) >= 11 is 5.68. The van der Waals surface area contributed by atoms with Crippen LogP contribution in [0, 0.1) is 11.7 Å². The molecular weight excluding hydrogens is 295 g/mol. The summed E-state index contributed by atoms with van der Waals surface area (Å²) in [6, 6.07) is 6.04. The Morgan fingerprint density at radius 1 is 1.38 bits per heavy atom. The predicted molar refractivity (Wildman–Crippen MR) is 78.8 cm³/mol. The third kappa shape index (κ3) is 5.02. The number of hydrogen-bond acceptors (Lipinski definition) is 4. The standard InChI is InChI=1S/C15H18ClFN2O2/c1-10(2)7-18-8-11-5-13(21-19-11)9-20-12-3-4-15(17)14(16)6-12/h3-6,10,18H,7-9H2,1-2H3. The molecule has 0 fully saturated rings. The van der Waals surface area contributed by atoms with Crippen molar-refractivity contribution in [3.8, 4) is 5.75 Å². The van der Waals surface area contributed by atoms with Crippen molar-refractivity contribution in [2.24, 2.45) is 5.92 Å². The molecule has 0 aliphatic heterocycles. The van der Waals surface area contributed by atoms with Gasteiger partial charge in [0.15, 0.2) is 5.76 Å². The summed E-state index contributed by atoms with van der Waals surface area (Å²) in [6.45, 7) is 6.09. The van der Waals surface area contributed by atoms with Gasteiger partial charge in [0.25, 0.3) is 0 Å². The molecule has 0 unspecified atom stereocenters. The van der Waals surface area contributed by atoms with Crippen molar-refractivity contribution in [2.75, 3.05) is 6.54 Å². The number of hydrogen-bond donors (Lipinski definition) is 1. The number of nitrogens with zero attached hydrogens (tertiary/aromatic N) is 1. The molecule has 1 N–H and O–H groups in total. The molecule has 6 heteroatoms. The molecule has 0 saturated carbocycles. The Labute approximate surface area is 128 Å². The third-order valence-electron chi connectivity index (χ3n) is 2.74. The van der Waals surface area contributed by atoms with Crippen molar-refractivity contribution >= 4 is 11.6 Å². The monoisotopic (exact) mass is 312 g/mol. The first kappa shape index (κ1) is 15.8.